The lowest BCUT2D eigenvalue weighted by molar-refractivity contribution is 0.197. The van der Waals surface area contributed by atoms with Crippen molar-refractivity contribution in [2.45, 2.75) is 71.2 Å². The molecule has 1 aromatic carbocycles. The highest BCUT2D eigenvalue weighted by Gasteiger charge is 2.46. The topological polar surface area (TPSA) is 37.8 Å². The molecular weight excluding hydrogens is 398 g/mol. The van der Waals surface area contributed by atoms with Crippen LogP contribution < -0.4 is 5.32 Å². The molecule has 1 heterocycles. The smallest absolute Gasteiger partial charge is 0.149 e. The Morgan fingerprint density at radius 3 is 2.07 bits per heavy atom. The molecule has 0 bridgehead atoms. The Hall–Kier alpha value is -1.42. The molecule has 0 radical (unpaired) electrons. The van der Waals surface area contributed by atoms with Gasteiger partial charge in [-0.25, -0.2) is 0 Å². The number of hydrogen-bond acceptors (Lipinski definition) is 3. The molecule has 4 heteroatoms. The molecule has 0 atom stereocenters. The Morgan fingerprint density at radius 2 is 1.59 bits per heavy atom. The highest BCUT2D eigenvalue weighted by atomic mass is 79.9. The molecule has 3 nitrogen and oxygen atoms in total. The second kappa shape index (κ2) is 7.20. The number of benzene rings is 1. The van der Waals surface area contributed by atoms with Crippen LogP contribution in [0.3, 0.4) is 0 Å². The lowest BCUT2D eigenvalue weighted by atomic mass is 9.72. The summed E-state index contributed by atoms with van der Waals surface area (Å²) in [4.78, 5) is 0. The van der Waals surface area contributed by atoms with E-state index >= 15 is 0 Å². The number of rotatable bonds is 5. The van der Waals surface area contributed by atoms with E-state index < -0.39 is 0 Å². The molecule has 1 fully saturated rings. The third-order valence-electron chi connectivity index (χ3n) is 5.64. The summed E-state index contributed by atoms with van der Waals surface area (Å²) >= 11 is 3.53. The van der Waals surface area contributed by atoms with E-state index in [0.717, 1.165) is 11.1 Å². The van der Waals surface area contributed by atoms with Gasteiger partial charge < -0.3 is 5.32 Å². The first-order chi connectivity index (χ1) is 12.6. The van der Waals surface area contributed by atoms with Crippen LogP contribution in [-0.2, 0) is 10.7 Å². The van der Waals surface area contributed by atoms with Gasteiger partial charge >= 0.3 is 0 Å². The van der Waals surface area contributed by atoms with Gasteiger partial charge in [0.1, 0.15) is 5.82 Å². The van der Waals surface area contributed by atoms with Gasteiger partial charge in [0.25, 0.3) is 0 Å². The Kier molecular flexibility index (Phi) is 5.42. The molecule has 0 spiro atoms. The number of anilines is 1. The highest BCUT2D eigenvalue weighted by Crippen LogP contribution is 2.53. The van der Waals surface area contributed by atoms with Crippen LogP contribution >= 0.6 is 15.9 Å². The lowest BCUT2D eigenvalue weighted by Crippen LogP contribution is -2.44. The third kappa shape index (κ3) is 4.37. The third-order valence-corrected chi connectivity index (χ3v) is 6.29. The molecular formula is C23H32BrN3. The normalized spacial score (nSPS) is 16.4. The SMILES string of the molecule is CC(C)(C)C(Nc1cc(C2(c3ccc(CBr)cc3)CC2)cnn1)C(C)(C)C. The molecule has 1 aliphatic rings. The second-order valence-corrected chi connectivity index (χ2v) is 10.6. The van der Waals surface area contributed by atoms with Crippen LogP contribution in [-0.4, -0.2) is 16.2 Å². The maximum Gasteiger partial charge on any atom is 0.149 e. The van der Waals surface area contributed by atoms with Crippen molar-refractivity contribution in [3.63, 3.8) is 0 Å². The van der Waals surface area contributed by atoms with Crippen molar-refractivity contribution >= 4 is 21.7 Å². The number of hydrogen-bond donors (Lipinski definition) is 1. The second-order valence-electron chi connectivity index (χ2n) is 10.1. The Balaban J connectivity index is 1.89. The average molecular weight is 430 g/mol. The fourth-order valence-electron chi connectivity index (χ4n) is 4.36. The van der Waals surface area contributed by atoms with Crippen molar-refractivity contribution in [1.82, 2.24) is 10.2 Å². The van der Waals surface area contributed by atoms with Gasteiger partial charge in [-0.2, -0.15) is 5.10 Å². The predicted molar refractivity (Wildman–Crippen MR) is 117 cm³/mol. The molecule has 3 rings (SSSR count). The Morgan fingerprint density at radius 1 is 1.00 bits per heavy atom. The van der Waals surface area contributed by atoms with E-state index in [0.29, 0.717) is 6.04 Å². The minimum absolute atomic E-state index is 0.107. The standard InChI is InChI=1S/C23H32BrN3/c1-21(2,3)20(22(4,5)6)26-19-13-18(15-25-27-19)23(11-12-23)17-9-7-16(14-24)8-10-17/h7-10,13,15,20H,11-12,14H2,1-6H3,(H,26,27). The molecule has 146 valence electrons. The van der Waals surface area contributed by atoms with E-state index in [2.05, 4.69) is 103 Å². The van der Waals surface area contributed by atoms with Crippen LogP contribution in [0.15, 0.2) is 36.5 Å². The quantitative estimate of drug-likeness (QED) is 0.564. The van der Waals surface area contributed by atoms with Crippen LogP contribution in [0.1, 0.15) is 71.1 Å². The largest absolute Gasteiger partial charge is 0.365 e. The molecule has 0 unspecified atom stereocenters. The lowest BCUT2D eigenvalue weighted by Gasteiger charge is -2.41. The molecule has 2 aromatic rings. The summed E-state index contributed by atoms with van der Waals surface area (Å²) in [5.74, 6) is 0.880. The van der Waals surface area contributed by atoms with Gasteiger partial charge in [0.2, 0.25) is 0 Å². The zero-order valence-corrected chi connectivity index (χ0v) is 19.0. The van der Waals surface area contributed by atoms with Gasteiger partial charge in [0.15, 0.2) is 0 Å². The van der Waals surface area contributed by atoms with E-state index in [1.807, 2.05) is 6.20 Å². The van der Waals surface area contributed by atoms with E-state index in [4.69, 9.17) is 0 Å². The minimum Gasteiger partial charge on any atom is -0.365 e. The van der Waals surface area contributed by atoms with Gasteiger partial charge in [-0.3, -0.25) is 0 Å². The van der Waals surface area contributed by atoms with Crippen molar-refractivity contribution in [3.05, 3.63) is 53.2 Å². The summed E-state index contributed by atoms with van der Waals surface area (Å²) in [6.45, 7) is 13.7. The van der Waals surface area contributed by atoms with Crippen LogP contribution in [0.25, 0.3) is 0 Å². The maximum atomic E-state index is 4.40. The highest BCUT2D eigenvalue weighted by molar-refractivity contribution is 9.08. The monoisotopic (exact) mass is 429 g/mol. The zero-order chi connectivity index (χ0) is 19.9. The van der Waals surface area contributed by atoms with Crippen LogP contribution in [0.5, 0.6) is 0 Å². The molecule has 0 amide bonds. The summed E-state index contributed by atoms with van der Waals surface area (Å²) in [5, 5.41) is 13.3. The van der Waals surface area contributed by atoms with Crippen LogP contribution in [0.2, 0.25) is 0 Å². The van der Waals surface area contributed by atoms with Crippen molar-refractivity contribution in [2.75, 3.05) is 5.32 Å². The van der Waals surface area contributed by atoms with E-state index in [9.17, 15) is 0 Å². The summed E-state index contributed by atoms with van der Waals surface area (Å²) in [6.07, 6.45) is 4.29. The molecule has 0 saturated heterocycles. The van der Waals surface area contributed by atoms with Crippen molar-refractivity contribution < 1.29 is 0 Å². The molecule has 1 saturated carbocycles. The van der Waals surface area contributed by atoms with Gasteiger partial charge in [-0.1, -0.05) is 81.7 Å². The molecule has 1 aromatic heterocycles. The predicted octanol–water partition coefficient (Wildman–Crippen LogP) is 6.32. The van der Waals surface area contributed by atoms with E-state index in [-0.39, 0.29) is 16.2 Å². The maximum absolute atomic E-state index is 4.40. The zero-order valence-electron chi connectivity index (χ0n) is 17.4. The van der Waals surface area contributed by atoms with Gasteiger partial charge in [-0.15, -0.1) is 5.10 Å². The first-order valence-corrected chi connectivity index (χ1v) is 10.9. The molecule has 1 aliphatic carbocycles. The summed E-state index contributed by atoms with van der Waals surface area (Å²) in [6, 6.07) is 11.5. The first kappa shape index (κ1) is 20.3. The summed E-state index contributed by atoms with van der Waals surface area (Å²) in [7, 11) is 0. The number of nitrogens with one attached hydrogen (secondary N) is 1. The summed E-state index contributed by atoms with van der Waals surface area (Å²) < 4.78 is 0. The number of alkyl halides is 1. The molecule has 0 aliphatic heterocycles. The van der Waals surface area contributed by atoms with Crippen molar-refractivity contribution in [2.24, 2.45) is 10.8 Å². The Bertz CT molecular complexity index is 767. The van der Waals surface area contributed by atoms with E-state index in [1.54, 1.807) is 0 Å². The number of aromatic nitrogens is 2. The average Bonchev–Trinajstić information content (AvgIpc) is 3.40. The van der Waals surface area contributed by atoms with Gasteiger partial charge in [0, 0.05) is 16.8 Å². The fourth-order valence-corrected chi connectivity index (χ4v) is 4.73. The minimum atomic E-state index is 0.107. The number of nitrogens with zero attached hydrogens (tertiary/aromatic N) is 2. The fraction of sp³-hybridized carbons (Fsp3) is 0.565. The summed E-state index contributed by atoms with van der Waals surface area (Å²) in [5.41, 5.74) is 4.32. The van der Waals surface area contributed by atoms with Crippen molar-refractivity contribution in [3.8, 4) is 0 Å². The van der Waals surface area contributed by atoms with E-state index in [1.165, 1.54) is 29.5 Å². The first-order valence-electron chi connectivity index (χ1n) is 9.81. The molecule has 27 heavy (non-hydrogen) atoms. The van der Waals surface area contributed by atoms with Crippen LogP contribution in [0, 0.1) is 10.8 Å². The Labute approximate surface area is 172 Å². The van der Waals surface area contributed by atoms with Gasteiger partial charge in [-0.05, 0) is 46.4 Å². The van der Waals surface area contributed by atoms with Crippen LogP contribution in [0.4, 0.5) is 5.82 Å². The molecule has 1 N–H and O–H groups in total. The number of halogens is 1. The van der Waals surface area contributed by atoms with Gasteiger partial charge in [0.05, 0.1) is 6.20 Å². The van der Waals surface area contributed by atoms with Crippen molar-refractivity contribution in [1.29, 1.82) is 0 Å².